The molecule has 0 saturated carbocycles. The second-order valence-electron chi connectivity index (χ2n) is 4.75. The first-order valence-electron chi connectivity index (χ1n) is 6.75. The summed E-state index contributed by atoms with van der Waals surface area (Å²) < 4.78 is 1.38. The minimum atomic E-state index is -0.153. The predicted molar refractivity (Wildman–Crippen MR) is 84.0 cm³/mol. The molecule has 0 bridgehead atoms. The van der Waals surface area contributed by atoms with E-state index in [0.717, 1.165) is 16.1 Å². The van der Waals surface area contributed by atoms with Crippen LogP contribution in [0.4, 0.5) is 0 Å². The molecular formula is C16H14N2O2S. The molecule has 106 valence electrons. The van der Waals surface area contributed by atoms with Crippen LogP contribution in [0.25, 0.3) is 10.2 Å². The summed E-state index contributed by atoms with van der Waals surface area (Å²) in [7, 11) is 0. The van der Waals surface area contributed by atoms with Crippen molar-refractivity contribution in [2.45, 2.75) is 19.9 Å². The number of aryl methyl sites for hydroxylation is 1. The van der Waals surface area contributed by atoms with E-state index in [2.05, 4.69) is 4.98 Å². The highest BCUT2D eigenvalue weighted by Gasteiger charge is 2.11. The maximum atomic E-state index is 12.4. The van der Waals surface area contributed by atoms with Crippen LogP contribution in [0.2, 0.25) is 0 Å². The van der Waals surface area contributed by atoms with Crippen molar-refractivity contribution >= 4 is 27.3 Å². The normalized spacial score (nSPS) is 10.9. The Morgan fingerprint density at radius 3 is 2.76 bits per heavy atom. The number of aromatic nitrogens is 2. The average Bonchev–Trinajstić information content (AvgIpc) is 2.95. The highest BCUT2D eigenvalue weighted by Crippen LogP contribution is 2.21. The maximum Gasteiger partial charge on any atom is 0.262 e. The molecule has 0 amide bonds. The Hall–Kier alpha value is -2.27. The van der Waals surface area contributed by atoms with Crippen LogP contribution in [-0.4, -0.2) is 15.3 Å². The van der Waals surface area contributed by atoms with Crippen molar-refractivity contribution in [3.8, 4) is 0 Å². The van der Waals surface area contributed by atoms with Crippen molar-refractivity contribution in [1.29, 1.82) is 0 Å². The summed E-state index contributed by atoms with van der Waals surface area (Å²) in [5.74, 6) is -0.0928. The van der Waals surface area contributed by atoms with Gasteiger partial charge in [0.2, 0.25) is 0 Å². The topological polar surface area (TPSA) is 52.0 Å². The minimum Gasteiger partial charge on any atom is -0.292 e. The summed E-state index contributed by atoms with van der Waals surface area (Å²) in [6.45, 7) is 2.06. The van der Waals surface area contributed by atoms with Crippen LogP contribution in [0, 0.1) is 0 Å². The first kappa shape index (κ1) is 13.7. The van der Waals surface area contributed by atoms with Crippen molar-refractivity contribution in [1.82, 2.24) is 9.55 Å². The third-order valence-corrected chi connectivity index (χ3v) is 4.51. The monoisotopic (exact) mass is 298 g/mol. The number of ketones is 1. The van der Waals surface area contributed by atoms with Crippen LogP contribution in [0.15, 0.2) is 47.5 Å². The van der Waals surface area contributed by atoms with Gasteiger partial charge in [-0.25, -0.2) is 4.98 Å². The van der Waals surface area contributed by atoms with Gasteiger partial charge in [-0.15, -0.1) is 11.3 Å². The van der Waals surface area contributed by atoms with Crippen LogP contribution in [0.1, 0.15) is 22.2 Å². The van der Waals surface area contributed by atoms with Gasteiger partial charge < -0.3 is 0 Å². The molecule has 2 aromatic heterocycles. The SMILES string of the molecule is CCc1cc2c(=O)n(CC(=O)c3ccccc3)cnc2s1. The molecule has 5 heteroatoms. The van der Waals surface area contributed by atoms with Crippen molar-refractivity contribution in [3.05, 3.63) is 63.5 Å². The molecule has 0 aliphatic rings. The van der Waals surface area contributed by atoms with Gasteiger partial charge in [0.05, 0.1) is 18.3 Å². The molecular weight excluding hydrogens is 284 g/mol. The van der Waals surface area contributed by atoms with E-state index < -0.39 is 0 Å². The summed E-state index contributed by atoms with van der Waals surface area (Å²) in [6.07, 6.45) is 2.34. The van der Waals surface area contributed by atoms with Gasteiger partial charge in [0.15, 0.2) is 5.78 Å². The molecule has 0 unspecified atom stereocenters. The number of benzene rings is 1. The summed E-state index contributed by atoms with van der Waals surface area (Å²) >= 11 is 1.53. The van der Waals surface area contributed by atoms with Crippen molar-refractivity contribution in [2.24, 2.45) is 0 Å². The molecule has 0 atom stereocenters. The number of Topliss-reactive ketones (excluding diaryl/α,β-unsaturated/α-hetero) is 1. The molecule has 0 radical (unpaired) electrons. The molecule has 0 fully saturated rings. The van der Waals surface area contributed by atoms with Gasteiger partial charge >= 0.3 is 0 Å². The highest BCUT2D eigenvalue weighted by atomic mass is 32.1. The molecule has 21 heavy (non-hydrogen) atoms. The van der Waals surface area contributed by atoms with Crippen LogP contribution >= 0.6 is 11.3 Å². The molecule has 3 rings (SSSR count). The van der Waals surface area contributed by atoms with Crippen LogP contribution in [0.5, 0.6) is 0 Å². The van der Waals surface area contributed by atoms with Crippen LogP contribution < -0.4 is 5.56 Å². The highest BCUT2D eigenvalue weighted by molar-refractivity contribution is 7.18. The van der Waals surface area contributed by atoms with Crippen molar-refractivity contribution in [3.63, 3.8) is 0 Å². The molecule has 0 spiro atoms. The average molecular weight is 298 g/mol. The number of nitrogens with zero attached hydrogens (tertiary/aromatic N) is 2. The Morgan fingerprint density at radius 1 is 1.29 bits per heavy atom. The zero-order valence-corrected chi connectivity index (χ0v) is 12.4. The predicted octanol–water partition coefficient (Wildman–Crippen LogP) is 2.90. The van der Waals surface area contributed by atoms with Crippen LogP contribution in [0.3, 0.4) is 0 Å². The zero-order valence-electron chi connectivity index (χ0n) is 11.6. The van der Waals surface area contributed by atoms with Gasteiger partial charge in [-0.1, -0.05) is 37.3 Å². The summed E-state index contributed by atoms with van der Waals surface area (Å²) in [4.78, 5) is 30.7. The largest absolute Gasteiger partial charge is 0.292 e. The number of hydrogen-bond acceptors (Lipinski definition) is 4. The number of rotatable bonds is 4. The van der Waals surface area contributed by atoms with Gasteiger partial charge in [-0.05, 0) is 12.5 Å². The van der Waals surface area contributed by atoms with E-state index in [1.54, 1.807) is 12.1 Å². The number of hydrogen-bond donors (Lipinski definition) is 0. The van der Waals surface area contributed by atoms with Gasteiger partial charge in [0.1, 0.15) is 4.83 Å². The fourth-order valence-corrected chi connectivity index (χ4v) is 3.09. The Kier molecular flexibility index (Phi) is 3.66. The van der Waals surface area contributed by atoms with Crippen molar-refractivity contribution in [2.75, 3.05) is 0 Å². The number of carbonyl (C=O) groups excluding carboxylic acids is 1. The molecule has 0 saturated heterocycles. The van der Waals surface area contributed by atoms with E-state index in [4.69, 9.17) is 0 Å². The maximum absolute atomic E-state index is 12.4. The van der Waals surface area contributed by atoms with Gasteiger partial charge in [0, 0.05) is 10.4 Å². The summed E-state index contributed by atoms with van der Waals surface area (Å²) in [5, 5.41) is 0.597. The number of thiophene rings is 1. The third-order valence-electron chi connectivity index (χ3n) is 3.33. The molecule has 0 aliphatic carbocycles. The number of fused-ring (bicyclic) bond motifs is 1. The van der Waals surface area contributed by atoms with Crippen LogP contribution in [-0.2, 0) is 13.0 Å². The lowest BCUT2D eigenvalue weighted by atomic mass is 10.1. The molecule has 3 aromatic rings. The van der Waals surface area contributed by atoms with E-state index in [-0.39, 0.29) is 17.9 Å². The fraction of sp³-hybridized carbons (Fsp3) is 0.188. The molecule has 4 nitrogen and oxygen atoms in total. The van der Waals surface area contributed by atoms with E-state index in [9.17, 15) is 9.59 Å². The fourth-order valence-electron chi connectivity index (χ4n) is 2.17. The number of carbonyl (C=O) groups is 1. The van der Waals surface area contributed by atoms with Gasteiger partial charge in [-0.3, -0.25) is 14.2 Å². The van der Waals surface area contributed by atoms with E-state index in [1.807, 2.05) is 31.2 Å². The lowest BCUT2D eigenvalue weighted by Gasteiger charge is -2.04. The Labute approximate surface area is 125 Å². The zero-order chi connectivity index (χ0) is 14.8. The quantitative estimate of drug-likeness (QED) is 0.696. The summed E-state index contributed by atoms with van der Waals surface area (Å²) in [6, 6.07) is 10.8. The minimum absolute atomic E-state index is 0.0170. The standard InChI is InChI=1S/C16H14N2O2S/c1-2-12-8-13-15(21-12)17-10-18(16(13)20)9-14(19)11-6-4-3-5-7-11/h3-8,10H,2,9H2,1H3. The van der Waals surface area contributed by atoms with E-state index in [0.29, 0.717) is 10.9 Å². The second kappa shape index (κ2) is 5.61. The lowest BCUT2D eigenvalue weighted by molar-refractivity contribution is 0.0970. The second-order valence-corrected chi connectivity index (χ2v) is 5.87. The Morgan fingerprint density at radius 2 is 2.05 bits per heavy atom. The molecule has 1 aromatic carbocycles. The van der Waals surface area contributed by atoms with Crippen molar-refractivity contribution < 1.29 is 4.79 Å². The van der Waals surface area contributed by atoms with Gasteiger partial charge in [-0.2, -0.15) is 0 Å². The van der Waals surface area contributed by atoms with Gasteiger partial charge in [0.25, 0.3) is 5.56 Å². The third kappa shape index (κ3) is 2.64. The molecule has 2 heterocycles. The lowest BCUT2D eigenvalue weighted by Crippen LogP contribution is -2.24. The smallest absolute Gasteiger partial charge is 0.262 e. The van der Waals surface area contributed by atoms with E-state index in [1.165, 1.54) is 22.2 Å². The first-order valence-corrected chi connectivity index (χ1v) is 7.57. The summed E-state index contributed by atoms with van der Waals surface area (Å²) in [5.41, 5.74) is 0.448. The Balaban J connectivity index is 1.96. The Bertz CT molecular complexity index is 850. The van der Waals surface area contributed by atoms with E-state index >= 15 is 0 Å². The molecule has 0 N–H and O–H groups in total. The first-order chi connectivity index (χ1) is 10.2. The molecule has 0 aliphatic heterocycles.